The number of hydrogen-bond acceptors (Lipinski definition) is 2. The summed E-state index contributed by atoms with van der Waals surface area (Å²) in [6, 6.07) is 8.07. The maximum absolute atomic E-state index is 5.28. The molecule has 102 valence electrons. The average molecular weight is 257 g/mol. The second kappa shape index (κ2) is 4.09. The number of benzene rings is 1. The summed E-state index contributed by atoms with van der Waals surface area (Å²) in [4.78, 5) is 4.95. The Kier molecular flexibility index (Phi) is 2.74. The molecule has 0 N–H and O–H groups in total. The lowest BCUT2D eigenvalue weighted by atomic mass is 9.70. The van der Waals surface area contributed by atoms with Gasteiger partial charge >= 0.3 is 0 Å². The van der Waals surface area contributed by atoms with Crippen molar-refractivity contribution in [1.29, 1.82) is 0 Å². The van der Waals surface area contributed by atoms with Gasteiger partial charge in [-0.25, -0.2) is 0 Å². The molecule has 0 aliphatic heterocycles. The summed E-state index contributed by atoms with van der Waals surface area (Å²) in [6.07, 6.45) is 3.81. The Bertz CT molecular complexity index is 532. The Morgan fingerprint density at radius 2 is 2.05 bits per heavy atom. The number of aliphatic imine (C=N–C) groups is 1. The highest BCUT2D eigenvalue weighted by molar-refractivity contribution is 5.96. The molecule has 2 aliphatic carbocycles. The van der Waals surface area contributed by atoms with E-state index < -0.39 is 0 Å². The third-order valence-electron chi connectivity index (χ3n) is 5.83. The van der Waals surface area contributed by atoms with Crippen LogP contribution in [0.5, 0.6) is 5.75 Å². The Morgan fingerprint density at radius 1 is 1.26 bits per heavy atom. The van der Waals surface area contributed by atoms with Gasteiger partial charge in [-0.15, -0.1) is 0 Å². The lowest BCUT2D eigenvalue weighted by Gasteiger charge is -2.34. The molecular weight excluding hydrogens is 234 g/mol. The number of fused-ring (bicyclic) bond motifs is 2. The molecule has 2 bridgehead atoms. The zero-order valence-electron chi connectivity index (χ0n) is 12.4. The minimum Gasteiger partial charge on any atom is -0.497 e. The van der Waals surface area contributed by atoms with E-state index in [9.17, 15) is 0 Å². The van der Waals surface area contributed by atoms with Crippen molar-refractivity contribution in [3.8, 4) is 5.75 Å². The Labute approximate surface area is 115 Å². The zero-order chi connectivity index (χ0) is 13.7. The van der Waals surface area contributed by atoms with Crippen LogP contribution in [-0.2, 0) is 0 Å². The van der Waals surface area contributed by atoms with E-state index in [1.54, 1.807) is 7.11 Å². The topological polar surface area (TPSA) is 21.6 Å². The van der Waals surface area contributed by atoms with Crippen LogP contribution in [0.1, 0.15) is 40.0 Å². The second-order valence-corrected chi connectivity index (χ2v) is 6.75. The van der Waals surface area contributed by atoms with Gasteiger partial charge in [0.15, 0.2) is 0 Å². The molecule has 1 aromatic rings. The molecule has 0 saturated heterocycles. The van der Waals surface area contributed by atoms with Crippen LogP contribution < -0.4 is 4.74 Å². The lowest BCUT2D eigenvalue weighted by molar-refractivity contribution is 0.194. The van der Waals surface area contributed by atoms with Crippen molar-refractivity contribution in [3.63, 3.8) is 0 Å². The van der Waals surface area contributed by atoms with Gasteiger partial charge in [0, 0.05) is 17.2 Å². The van der Waals surface area contributed by atoms with E-state index in [4.69, 9.17) is 9.73 Å². The fourth-order valence-corrected chi connectivity index (χ4v) is 3.93. The number of rotatable bonds is 2. The van der Waals surface area contributed by atoms with Crippen molar-refractivity contribution >= 4 is 11.4 Å². The highest BCUT2D eigenvalue weighted by atomic mass is 16.5. The number of methoxy groups -OCH3 is 1. The molecule has 2 fully saturated rings. The first-order valence-electron chi connectivity index (χ1n) is 7.19. The lowest BCUT2D eigenvalue weighted by Crippen LogP contribution is -2.32. The van der Waals surface area contributed by atoms with Crippen LogP contribution in [-0.4, -0.2) is 12.8 Å². The Balaban J connectivity index is 1.97. The summed E-state index contributed by atoms with van der Waals surface area (Å²) < 4.78 is 5.28. The summed E-state index contributed by atoms with van der Waals surface area (Å²) in [5.41, 5.74) is 3.09. The van der Waals surface area contributed by atoms with Crippen LogP contribution in [0.2, 0.25) is 0 Å². The van der Waals surface area contributed by atoms with Crippen LogP contribution in [0.4, 0.5) is 5.69 Å². The third kappa shape index (κ3) is 1.73. The first-order valence-corrected chi connectivity index (χ1v) is 7.19. The van der Waals surface area contributed by atoms with Crippen LogP contribution in [0.25, 0.3) is 0 Å². The fraction of sp³-hybridized carbons (Fsp3) is 0.588. The van der Waals surface area contributed by atoms with Gasteiger partial charge in [0.1, 0.15) is 5.75 Å². The average Bonchev–Trinajstić information content (AvgIpc) is 2.72. The summed E-state index contributed by atoms with van der Waals surface area (Å²) in [7, 11) is 1.70. The van der Waals surface area contributed by atoms with Gasteiger partial charge < -0.3 is 4.74 Å². The Hall–Kier alpha value is -1.31. The highest BCUT2D eigenvalue weighted by Gasteiger charge is 2.59. The first kappa shape index (κ1) is 12.7. The smallest absolute Gasteiger partial charge is 0.121 e. The summed E-state index contributed by atoms with van der Waals surface area (Å²) in [5.74, 6) is 1.69. The normalized spacial score (nSPS) is 33.9. The van der Waals surface area contributed by atoms with E-state index in [1.165, 1.54) is 25.0 Å². The molecule has 0 radical (unpaired) electrons. The van der Waals surface area contributed by atoms with Crippen molar-refractivity contribution in [1.82, 2.24) is 0 Å². The summed E-state index contributed by atoms with van der Waals surface area (Å²) in [6.45, 7) is 7.23. The number of nitrogens with zero attached hydrogens (tertiary/aromatic N) is 1. The molecule has 2 aliphatic rings. The third-order valence-corrected chi connectivity index (χ3v) is 5.83. The van der Waals surface area contributed by atoms with E-state index in [0.717, 1.165) is 17.4 Å². The molecule has 2 saturated carbocycles. The number of ether oxygens (including phenoxy) is 1. The van der Waals surface area contributed by atoms with E-state index in [-0.39, 0.29) is 5.41 Å². The standard InChI is InChI=1S/C17H23NO/c1-16(2)12-8-9-17(16,3)15(10-12)18-13-6-5-7-14(11-13)19-4/h5-7,11-12H,8-10H2,1-4H3/t12?,17-/m0/s1. The van der Waals surface area contributed by atoms with Gasteiger partial charge in [0.05, 0.1) is 12.8 Å². The molecule has 19 heavy (non-hydrogen) atoms. The van der Waals surface area contributed by atoms with Crippen LogP contribution >= 0.6 is 0 Å². The van der Waals surface area contributed by atoms with E-state index in [1.807, 2.05) is 18.2 Å². The maximum Gasteiger partial charge on any atom is 0.121 e. The van der Waals surface area contributed by atoms with Crippen molar-refractivity contribution in [2.75, 3.05) is 7.11 Å². The van der Waals surface area contributed by atoms with E-state index in [0.29, 0.717) is 5.41 Å². The van der Waals surface area contributed by atoms with Gasteiger partial charge in [-0.2, -0.15) is 0 Å². The molecule has 0 heterocycles. The van der Waals surface area contributed by atoms with Crippen LogP contribution in [0.3, 0.4) is 0 Å². The molecule has 1 unspecified atom stereocenters. The SMILES string of the molecule is COc1cccc(N=C2CC3CC[C@]2(C)C3(C)C)c1. The molecule has 1 aromatic carbocycles. The summed E-state index contributed by atoms with van der Waals surface area (Å²) >= 11 is 0. The maximum atomic E-state index is 5.28. The summed E-state index contributed by atoms with van der Waals surface area (Å²) in [5, 5.41) is 0. The fourth-order valence-electron chi connectivity index (χ4n) is 3.93. The molecule has 2 atom stereocenters. The molecule has 2 heteroatoms. The second-order valence-electron chi connectivity index (χ2n) is 6.75. The minimum atomic E-state index is 0.279. The minimum absolute atomic E-state index is 0.279. The van der Waals surface area contributed by atoms with Gasteiger partial charge in [-0.3, -0.25) is 4.99 Å². The molecule has 3 rings (SSSR count). The van der Waals surface area contributed by atoms with Gasteiger partial charge in [-0.1, -0.05) is 26.8 Å². The molecule has 2 nitrogen and oxygen atoms in total. The first-order chi connectivity index (χ1) is 8.97. The van der Waals surface area contributed by atoms with Gasteiger partial charge in [0.2, 0.25) is 0 Å². The van der Waals surface area contributed by atoms with Crippen molar-refractivity contribution in [3.05, 3.63) is 24.3 Å². The molecule has 0 spiro atoms. The van der Waals surface area contributed by atoms with Crippen molar-refractivity contribution in [2.45, 2.75) is 40.0 Å². The predicted octanol–water partition coefficient (Wildman–Crippen LogP) is 4.61. The highest BCUT2D eigenvalue weighted by Crippen LogP contribution is 2.64. The number of hydrogen-bond donors (Lipinski definition) is 0. The van der Waals surface area contributed by atoms with E-state index in [2.05, 4.69) is 26.8 Å². The molecule has 0 aromatic heterocycles. The quantitative estimate of drug-likeness (QED) is 0.758. The largest absolute Gasteiger partial charge is 0.497 e. The van der Waals surface area contributed by atoms with Crippen LogP contribution in [0.15, 0.2) is 29.3 Å². The monoisotopic (exact) mass is 257 g/mol. The van der Waals surface area contributed by atoms with Gasteiger partial charge in [0.25, 0.3) is 0 Å². The van der Waals surface area contributed by atoms with Gasteiger partial charge in [-0.05, 0) is 42.7 Å². The zero-order valence-corrected chi connectivity index (χ0v) is 12.4. The molecule has 0 amide bonds. The van der Waals surface area contributed by atoms with Crippen molar-refractivity contribution in [2.24, 2.45) is 21.7 Å². The van der Waals surface area contributed by atoms with Crippen molar-refractivity contribution < 1.29 is 4.74 Å². The predicted molar refractivity (Wildman–Crippen MR) is 79.3 cm³/mol. The van der Waals surface area contributed by atoms with E-state index >= 15 is 0 Å². The van der Waals surface area contributed by atoms with Crippen LogP contribution in [0, 0.1) is 16.7 Å². The Morgan fingerprint density at radius 3 is 2.63 bits per heavy atom. The molecular formula is C17H23NO.